The van der Waals surface area contributed by atoms with E-state index >= 15 is 0 Å². The van der Waals surface area contributed by atoms with Gasteiger partial charge in [-0.15, -0.1) is 0 Å². The molecule has 0 radical (unpaired) electrons. The first-order valence-electron chi connectivity index (χ1n) is 16.6. The van der Waals surface area contributed by atoms with Crippen molar-refractivity contribution in [3.63, 3.8) is 0 Å². The number of aromatic nitrogens is 2. The SMILES string of the molecule is N#Cc1c2c[nH]c1C(c1ccccc1)=C1C=CC(=N1)C(c1ccccc1)=c1ccc([nH]1)=C(c1ccccc1)C1=NC(=C2c2ccccc2)C=C1. The third-order valence-corrected chi connectivity index (χ3v) is 9.29. The Kier molecular flexibility index (Phi) is 7.11. The van der Waals surface area contributed by atoms with Crippen molar-refractivity contribution in [3.05, 3.63) is 225 Å². The number of H-pyrrole nitrogens is 2. The fraction of sp³-hybridized carbons (Fsp3) is 0. The molecule has 0 amide bonds. The molecule has 5 heteroatoms. The van der Waals surface area contributed by atoms with E-state index in [1.807, 2.05) is 66.9 Å². The van der Waals surface area contributed by atoms with E-state index in [2.05, 4.69) is 113 Å². The van der Waals surface area contributed by atoms with Gasteiger partial charge >= 0.3 is 0 Å². The molecule has 8 bridgehead atoms. The van der Waals surface area contributed by atoms with Crippen LogP contribution in [0.15, 0.2) is 185 Å². The summed E-state index contributed by atoms with van der Waals surface area (Å²) in [7, 11) is 0. The second-order valence-corrected chi connectivity index (χ2v) is 12.2. The van der Waals surface area contributed by atoms with Gasteiger partial charge in [0.25, 0.3) is 0 Å². The summed E-state index contributed by atoms with van der Waals surface area (Å²) in [4.78, 5) is 17.9. The highest BCUT2D eigenvalue weighted by Gasteiger charge is 2.26. The number of hydrogen-bond acceptors (Lipinski definition) is 3. The fourth-order valence-electron chi connectivity index (χ4n) is 7.07. The summed E-state index contributed by atoms with van der Waals surface area (Å²) in [6.45, 7) is 0. The highest BCUT2D eigenvalue weighted by Crippen LogP contribution is 2.39. The number of nitrogens with one attached hydrogen (secondary N) is 2. The molecule has 0 spiro atoms. The van der Waals surface area contributed by atoms with E-state index in [-0.39, 0.29) is 0 Å². The van der Waals surface area contributed by atoms with Gasteiger partial charge in [-0.05, 0) is 58.7 Å². The van der Waals surface area contributed by atoms with Crippen molar-refractivity contribution < 1.29 is 0 Å². The predicted octanol–water partition coefficient (Wildman–Crippen LogP) is 7.87. The zero-order valence-corrected chi connectivity index (χ0v) is 26.9. The maximum absolute atomic E-state index is 10.9. The summed E-state index contributed by atoms with van der Waals surface area (Å²) in [6.07, 6.45) is 10.2. The molecule has 2 N–H and O–H groups in total. The lowest BCUT2D eigenvalue weighted by atomic mass is 9.91. The van der Waals surface area contributed by atoms with Crippen LogP contribution in [-0.2, 0) is 0 Å². The Morgan fingerprint density at radius 2 is 0.880 bits per heavy atom. The van der Waals surface area contributed by atoms with Gasteiger partial charge in [-0.1, -0.05) is 121 Å². The number of aliphatic imine (C=N–C) groups is 2. The summed E-state index contributed by atoms with van der Waals surface area (Å²) in [5.41, 5.74) is 13.0. The first-order chi connectivity index (χ1) is 24.8. The van der Waals surface area contributed by atoms with Crippen LogP contribution in [0.2, 0.25) is 0 Å². The minimum atomic E-state index is 0.538. The number of benzene rings is 4. The van der Waals surface area contributed by atoms with E-state index in [1.54, 1.807) is 0 Å². The van der Waals surface area contributed by atoms with Crippen LogP contribution in [0.4, 0.5) is 0 Å². The molecule has 9 rings (SSSR count). The Balaban J connectivity index is 1.45. The van der Waals surface area contributed by atoms with Gasteiger partial charge in [-0.25, -0.2) is 9.98 Å². The summed E-state index contributed by atoms with van der Waals surface area (Å²) >= 11 is 0. The molecule has 5 nitrogen and oxygen atoms in total. The molecule has 3 aliphatic rings. The van der Waals surface area contributed by atoms with Crippen LogP contribution in [0.5, 0.6) is 0 Å². The van der Waals surface area contributed by atoms with Crippen molar-refractivity contribution in [2.45, 2.75) is 0 Å². The average Bonchev–Trinajstić information content (AvgIpc) is 4.01. The molecule has 5 heterocycles. The largest absolute Gasteiger partial charge is 0.359 e. The zero-order chi connectivity index (χ0) is 33.4. The molecule has 0 atom stereocenters. The van der Waals surface area contributed by atoms with Crippen molar-refractivity contribution in [3.8, 4) is 6.07 Å². The highest BCUT2D eigenvalue weighted by molar-refractivity contribution is 6.31. The van der Waals surface area contributed by atoms with Crippen molar-refractivity contribution >= 4 is 33.7 Å². The van der Waals surface area contributed by atoms with Crippen molar-refractivity contribution in [2.75, 3.05) is 0 Å². The molecule has 0 unspecified atom stereocenters. The summed E-state index contributed by atoms with van der Waals surface area (Å²) in [5.74, 6) is 0. The summed E-state index contributed by atoms with van der Waals surface area (Å²) in [5, 5.41) is 12.8. The normalized spacial score (nSPS) is 15.0. The summed E-state index contributed by atoms with van der Waals surface area (Å²) < 4.78 is 0. The van der Waals surface area contributed by atoms with Gasteiger partial charge < -0.3 is 9.97 Å². The second kappa shape index (κ2) is 12.2. The van der Waals surface area contributed by atoms with Gasteiger partial charge in [-0.2, -0.15) is 5.26 Å². The van der Waals surface area contributed by atoms with Crippen LogP contribution in [0.25, 0.3) is 22.3 Å². The van der Waals surface area contributed by atoms with Crippen LogP contribution >= 0.6 is 0 Å². The number of allylic oxidation sites excluding steroid dienone is 4. The van der Waals surface area contributed by atoms with Crippen LogP contribution in [0.1, 0.15) is 39.1 Å². The quantitative estimate of drug-likeness (QED) is 0.202. The molecule has 0 saturated heterocycles. The van der Waals surface area contributed by atoms with E-state index in [0.717, 1.165) is 83.6 Å². The monoisotopic (exact) mass is 639 g/mol. The predicted molar refractivity (Wildman–Crippen MR) is 202 cm³/mol. The molecule has 0 saturated carbocycles. The van der Waals surface area contributed by atoms with Gasteiger partial charge in [0.15, 0.2) is 0 Å². The third kappa shape index (κ3) is 4.95. The topological polar surface area (TPSA) is 80.1 Å². The smallest absolute Gasteiger partial charge is 0.102 e. The standard InChI is InChI=1S/C45H29N5/c46-27-33-34-28-47-45(33)44(32-19-11-4-12-20-32)40-26-25-39(50-40)43(31-17-9-3-10-18-31)38-24-23-37(49-38)42(30-15-7-2-8-16-30)36-22-21-35(48-36)41(34)29-13-5-1-6-14-29/h1-26,28,47,49H. The molecule has 4 aromatic carbocycles. The first kappa shape index (κ1) is 29.1. The van der Waals surface area contributed by atoms with E-state index in [9.17, 15) is 5.26 Å². The lowest BCUT2D eigenvalue weighted by molar-refractivity contribution is 1.25. The maximum Gasteiger partial charge on any atom is 0.102 e. The van der Waals surface area contributed by atoms with Crippen molar-refractivity contribution in [1.29, 1.82) is 5.26 Å². The third-order valence-electron chi connectivity index (χ3n) is 9.29. The van der Waals surface area contributed by atoms with E-state index in [4.69, 9.17) is 9.98 Å². The molecule has 6 aromatic rings. The Morgan fingerprint density at radius 3 is 1.34 bits per heavy atom. The van der Waals surface area contributed by atoms with E-state index in [0.29, 0.717) is 11.3 Å². The minimum absolute atomic E-state index is 0.538. The molecule has 3 aliphatic heterocycles. The number of rotatable bonds is 4. The number of nitriles is 1. The fourth-order valence-corrected chi connectivity index (χ4v) is 7.07. The number of nitrogens with zero attached hydrogens (tertiary/aromatic N) is 3. The molecule has 0 fully saturated rings. The van der Waals surface area contributed by atoms with E-state index < -0.39 is 0 Å². The van der Waals surface area contributed by atoms with Gasteiger partial charge in [-0.3, -0.25) is 0 Å². The first-order valence-corrected chi connectivity index (χ1v) is 16.6. The maximum atomic E-state index is 10.9. The number of fused-ring (bicyclic) bond motifs is 6. The van der Waals surface area contributed by atoms with E-state index in [1.165, 1.54) is 0 Å². The van der Waals surface area contributed by atoms with Gasteiger partial charge in [0.1, 0.15) is 6.07 Å². The Labute approximate surface area is 289 Å². The lowest BCUT2D eigenvalue weighted by Crippen LogP contribution is -2.21. The zero-order valence-electron chi connectivity index (χ0n) is 26.9. The van der Waals surface area contributed by atoms with Crippen molar-refractivity contribution in [1.82, 2.24) is 9.97 Å². The molecule has 50 heavy (non-hydrogen) atoms. The number of hydrogen-bond donors (Lipinski definition) is 2. The molecule has 234 valence electrons. The molecular formula is C45H29N5. The van der Waals surface area contributed by atoms with Crippen molar-refractivity contribution in [2.24, 2.45) is 9.98 Å². The van der Waals surface area contributed by atoms with Crippen LogP contribution in [-0.4, -0.2) is 21.4 Å². The van der Waals surface area contributed by atoms with Crippen LogP contribution in [0.3, 0.4) is 0 Å². The van der Waals surface area contributed by atoms with Gasteiger partial charge in [0, 0.05) is 44.8 Å². The van der Waals surface area contributed by atoms with Gasteiger partial charge in [0.05, 0.1) is 34.1 Å². The van der Waals surface area contributed by atoms with Crippen LogP contribution < -0.4 is 10.7 Å². The van der Waals surface area contributed by atoms with Crippen LogP contribution in [0, 0.1) is 11.3 Å². The minimum Gasteiger partial charge on any atom is -0.359 e. The Morgan fingerprint density at radius 1 is 0.460 bits per heavy atom. The average molecular weight is 640 g/mol. The molecule has 0 aliphatic carbocycles. The molecule has 2 aromatic heterocycles. The molecular weight excluding hydrogens is 611 g/mol. The second-order valence-electron chi connectivity index (χ2n) is 12.2. The Hall–Kier alpha value is -7.03. The number of aromatic amines is 2. The summed E-state index contributed by atoms with van der Waals surface area (Å²) in [6, 6.07) is 47.9. The highest BCUT2D eigenvalue weighted by atomic mass is 14.8. The van der Waals surface area contributed by atoms with Gasteiger partial charge in [0.2, 0.25) is 0 Å². The lowest BCUT2D eigenvalue weighted by Gasteiger charge is -2.12. The Bertz CT molecular complexity index is 2480.